The second-order valence-electron chi connectivity index (χ2n) is 14.1. The Morgan fingerprint density at radius 2 is 0.815 bits per heavy atom. The van der Waals surface area contributed by atoms with Gasteiger partial charge < -0.3 is 9.47 Å². The molecule has 0 aliphatic rings. The van der Waals surface area contributed by atoms with E-state index < -0.39 is 0 Å². The predicted octanol–water partition coefficient (Wildman–Crippen LogP) is 14.5. The fourth-order valence-corrected chi connectivity index (χ4v) is 8.79. The van der Waals surface area contributed by atoms with E-state index in [0.717, 1.165) is 17.1 Å². The van der Waals surface area contributed by atoms with Crippen LogP contribution in [0.5, 0.6) is 0 Å². The van der Waals surface area contributed by atoms with Crippen molar-refractivity contribution in [2.75, 3.05) is 4.90 Å². The maximum absolute atomic E-state index is 2.49. The van der Waals surface area contributed by atoms with E-state index in [0.29, 0.717) is 0 Å². The largest absolute Gasteiger partial charge is 0.309 e. The summed E-state index contributed by atoms with van der Waals surface area (Å²) >= 11 is 0. The zero-order valence-electron chi connectivity index (χ0n) is 29.5. The molecule has 0 aliphatic carbocycles. The molecule has 2 nitrogen and oxygen atoms in total. The second kappa shape index (κ2) is 12.2. The van der Waals surface area contributed by atoms with Gasteiger partial charge in [0, 0.05) is 38.4 Å². The van der Waals surface area contributed by atoms with Gasteiger partial charge in [0.25, 0.3) is 0 Å². The zero-order valence-corrected chi connectivity index (χ0v) is 29.5. The van der Waals surface area contributed by atoms with Crippen LogP contribution in [0.2, 0.25) is 0 Å². The summed E-state index contributed by atoms with van der Waals surface area (Å²) in [4.78, 5) is 2.49. The average Bonchev–Trinajstić information content (AvgIpc) is 3.58. The van der Waals surface area contributed by atoms with E-state index in [9.17, 15) is 0 Å². The van der Waals surface area contributed by atoms with Crippen LogP contribution in [-0.2, 0) is 0 Å². The fraction of sp³-hybridized carbons (Fsp3) is 0. The molecular formula is C52H34N2. The van der Waals surface area contributed by atoms with Gasteiger partial charge in [0.1, 0.15) is 0 Å². The fourth-order valence-electron chi connectivity index (χ4n) is 8.79. The summed E-state index contributed by atoms with van der Waals surface area (Å²) in [5, 5.41) is 10.1. The lowest BCUT2D eigenvalue weighted by Crippen LogP contribution is -2.13. The predicted molar refractivity (Wildman–Crippen MR) is 230 cm³/mol. The van der Waals surface area contributed by atoms with Crippen LogP contribution >= 0.6 is 0 Å². The van der Waals surface area contributed by atoms with Crippen molar-refractivity contribution in [3.05, 3.63) is 206 Å². The van der Waals surface area contributed by atoms with E-state index in [1.165, 1.54) is 82.1 Å². The van der Waals surface area contributed by atoms with Gasteiger partial charge in [-0.2, -0.15) is 0 Å². The van der Waals surface area contributed by atoms with Gasteiger partial charge in [-0.1, -0.05) is 170 Å². The monoisotopic (exact) mass is 686 g/mol. The quantitative estimate of drug-likeness (QED) is 0.158. The molecule has 1 aromatic heterocycles. The molecule has 0 N–H and O–H groups in total. The number of aromatic nitrogens is 1. The van der Waals surface area contributed by atoms with Crippen LogP contribution in [0.3, 0.4) is 0 Å². The summed E-state index contributed by atoms with van der Waals surface area (Å²) in [6.45, 7) is 0. The molecule has 0 atom stereocenters. The Bertz CT molecular complexity index is 3030. The zero-order chi connectivity index (χ0) is 35.6. The van der Waals surface area contributed by atoms with E-state index >= 15 is 0 Å². The van der Waals surface area contributed by atoms with Gasteiger partial charge in [-0.15, -0.1) is 0 Å². The molecule has 1 heterocycles. The molecule has 2 heteroatoms. The summed E-state index contributed by atoms with van der Waals surface area (Å²) in [6.07, 6.45) is 0. The summed E-state index contributed by atoms with van der Waals surface area (Å²) in [6, 6.07) is 75.2. The van der Waals surface area contributed by atoms with Crippen LogP contribution in [0.25, 0.3) is 82.1 Å². The number of fused-ring (bicyclic) bond motifs is 3. The van der Waals surface area contributed by atoms with Gasteiger partial charge in [0.2, 0.25) is 0 Å². The van der Waals surface area contributed by atoms with Gasteiger partial charge in [-0.3, -0.25) is 0 Å². The van der Waals surface area contributed by atoms with Gasteiger partial charge in [-0.05, 0) is 69.1 Å². The number of benzene rings is 10. The van der Waals surface area contributed by atoms with Crippen LogP contribution in [-0.4, -0.2) is 4.57 Å². The van der Waals surface area contributed by atoms with Crippen LogP contribution in [0.15, 0.2) is 206 Å². The number of anilines is 3. The number of rotatable bonds is 6. The smallest absolute Gasteiger partial charge is 0.0618 e. The van der Waals surface area contributed by atoms with Crippen molar-refractivity contribution in [3.8, 4) is 27.9 Å². The van der Waals surface area contributed by atoms with Crippen molar-refractivity contribution in [1.29, 1.82) is 0 Å². The highest BCUT2D eigenvalue weighted by atomic mass is 15.1. The molecule has 252 valence electrons. The molecule has 0 radical (unpaired) electrons. The Morgan fingerprint density at radius 1 is 0.333 bits per heavy atom. The molecule has 0 fully saturated rings. The third-order valence-corrected chi connectivity index (χ3v) is 11.1. The standard InChI is InChI=1S/C52H34N2/c1-4-15-35(16-5-1)40-23-14-24-41(36-17-6-2-7-18-36)52(40)53(39-19-8-3-9-20-39)48-33-29-37-28-32-45-49(34-30-38-27-31-44(48)50(37)51(38)45)54-46-25-12-10-21-42(46)43-22-11-13-26-47(43)54/h1-34H. The van der Waals surface area contributed by atoms with E-state index in [1.807, 2.05) is 0 Å². The Morgan fingerprint density at radius 3 is 1.43 bits per heavy atom. The topological polar surface area (TPSA) is 8.17 Å². The minimum Gasteiger partial charge on any atom is -0.309 e. The van der Waals surface area contributed by atoms with Crippen molar-refractivity contribution in [2.45, 2.75) is 0 Å². The third kappa shape index (κ3) is 4.60. The molecular weight excluding hydrogens is 653 g/mol. The molecule has 0 saturated carbocycles. The van der Waals surface area contributed by atoms with E-state index in [1.54, 1.807) is 0 Å². The molecule has 54 heavy (non-hydrogen) atoms. The molecule has 0 bridgehead atoms. The Labute approximate surface area is 313 Å². The highest BCUT2D eigenvalue weighted by Crippen LogP contribution is 2.50. The minimum absolute atomic E-state index is 1.11. The maximum atomic E-state index is 2.49. The summed E-state index contributed by atoms with van der Waals surface area (Å²) in [5.74, 6) is 0. The molecule has 11 aromatic rings. The summed E-state index contributed by atoms with van der Waals surface area (Å²) in [7, 11) is 0. The molecule has 0 unspecified atom stereocenters. The summed E-state index contributed by atoms with van der Waals surface area (Å²) in [5.41, 5.74) is 11.8. The Kier molecular flexibility index (Phi) is 6.90. The Hall–Kier alpha value is -7.16. The first-order chi connectivity index (χ1) is 26.8. The lowest BCUT2D eigenvalue weighted by atomic mass is 9.91. The van der Waals surface area contributed by atoms with Gasteiger partial charge in [0.15, 0.2) is 0 Å². The third-order valence-electron chi connectivity index (χ3n) is 11.1. The van der Waals surface area contributed by atoms with Crippen LogP contribution in [0.4, 0.5) is 17.1 Å². The van der Waals surface area contributed by atoms with Crippen LogP contribution in [0.1, 0.15) is 0 Å². The van der Waals surface area contributed by atoms with Gasteiger partial charge in [-0.25, -0.2) is 0 Å². The molecule has 0 aliphatic heterocycles. The Balaban J connectivity index is 1.24. The molecule has 10 aromatic carbocycles. The average molecular weight is 687 g/mol. The first kappa shape index (κ1) is 30.5. The molecule has 0 spiro atoms. The molecule has 0 amide bonds. The number of nitrogens with zero attached hydrogens (tertiary/aromatic N) is 2. The summed E-state index contributed by atoms with van der Waals surface area (Å²) < 4.78 is 2.45. The maximum Gasteiger partial charge on any atom is 0.0618 e. The highest BCUT2D eigenvalue weighted by Gasteiger charge is 2.25. The van der Waals surface area contributed by atoms with Gasteiger partial charge in [0.05, 0.1) is 28.1 Å². The molecule has 0 saturated heterocycles. The van der Waals surface area contributed by atoms with Crippen LogP contribution < -0.4 is 4.90 Å². The lowest BCUT2D eigenvalue weighted by molar-refractivity contribution is 1.20. The second-order valence-corrected chi connectivity index (χ2v) is 14.1. The van der Waals surface area contributed by atoms with Crippen molar-refractivity contribution in [2.24, 2.45) is 0 Å². The number of hydrogen-bond acceptors (Lipinski definition) is 1. The van der Waals surface area contributed by atoms with Crippen molar-refractivity contribution < 1.29 is 0 Å². The first-order valence-corrected chi connectivity index (χ1v) is 18.6. The minimum atomic E-state index is 1.11. The van der Waals surface area contributed by atoms with E-state index in [4.69, 9.17) is 0 Å². The van der Waals surface area contributed by atoms with Crippen molar-refractivity contribution >= 4 is 71.2 Å². The molecule has 11 rings (SSSR count). The normalized spacial score (nSPS) is 11.7. The first-order valence-electron chi connectivity index (χ1n) is 18.6. The number of para-hydroxylation sites is 4. The van der Waals surface area contributed by atoms with E-state index in [-0.39, 0.29) is 0 Å². The van der Waals surface area contributed by atoms with Gasteiger partial charge >= 0.3 is 0 Å². The lowest BCUT2D eigenvalue weighted by Gasteiger charge is -2.32. The van der Waals surface area contributed by atoms with E-state index in [2.05, 4.69) is 216 Å². The van der Waals surface area contributed by atoms with Crippen molar-refractivity contribution in [1.82, 2.24) is 4.57 Å². The SMILES string of the molecule is c1ccc(-c2cccc(-c3ccccc3)c2N(c2ccccc2)c2ccc3ccc4c(-n5c6ccccc6c6ccccc65)ccc5ccc2c3c54)cc1. The van der Waals surface area contributed by atoms with Crippen molar-refractivity contribution in [3.63, 3.8) is 0 Å². The highest BCUT2D eigenvalue weighted by molar-refractivity contribution is 6.28. The number of hydrogen-bond donors (Lipinski definition) is 0. The van der Waals surface area contributed by atoms with Crippen LogP contribution in [0, 0.1) is 0 Å².